The van der Waals surface area contributed by atoms with Gasteiger partial charge in [0.1, 0.15) is 6.04 Å². The van der Waals surface area contributed by atoms with E-state index in [9.17, 15) is 9.59 Å². The average Bonchev–Trinajstić information content (AvgIpc) is 2.47. The Balaban J connectivity index is 4.79. The summed E-state index contributed by atoms with van der Waals surface area (Å²) in [4.78, 5) is 24.4. The van der Waals surface area contributed by atoms with Gasteiger partial charge in [-0.25, -0.2) is 0 Å². The number of carbonyl (C=O) groups is 2. The van der Waals surface area contributed by atoms with Gasteiger partial charge in [-0.3, -0.25) is 9.59 Å². The summed E-state index contributed by atoms with van der Waals surface area (Å²) in [5, 5.41) is 11.9. The van der Waals surface area contributed by atoms with E-state index in [0.29, 0.717) is 18.5 Å². The summed E-state index contributed by atoms with van der Waals surface area (Å²) in [7, 11) is 1.70. The van der Waals surface area contributed by atoms with Crippen molar-refractivity contribution < 1.29 is 9.59 Å². The molecular formula is C18H36N4O2. The highest BCUT2D eigenvalue weighted by molar-refractivity contribution is 5.89. The molecule has 0 radical (unpaired) electrons. The van der Waals surface area contributed by atoms with E-state index in [1.807, 2.05) is 33.8 Å². The van der Waals surface area contributed by atoms with E-state index < -0.39 is 6.04 Å². The minimum absolute atomic E-state index is 0.176. The van der Waals surface area contributed by atoms with Crippen LogP contribution >= 0.6 is 0 Å². The molecule has 0 bridgehead atoms. The van der Waals surface area contributed by atoms with Gasteiger partial charge < -0.3 is 21.3 Å². The Kier molecular flexibility index (Phi) is 9.66. The van der Waals surface area contributed by atoms with Crippen LogP contribution in [0.5, 0.6) is 0 Å². The molecule has 4 N–H and O–H groups in total. The van der Waals surface area contributed by atoms with Gasteiger partial charge in [0.2, 0.25) is 11.8 Å². The predicted molar refractivity (Wildman–Crippen MR) is 99.5 cm³/mol. The summed E-state index contributed by atoms with van der Waals surface area (Å²) in [6, 6.07) is -0.263. The lowest BCUT2D eigenvalue weighted by Crippen LogP contribution is -2.55. The quantitative estimate of drug-likeness (QED) is 0.511. The highest BCUT2D eigenvalue weighted by atomic mass is 16.2. The second kappa shape index (κ2) is 10.3. The van der Waals surface area contributed by atoms with E-state index in [1.165, 1.54) is 0 Å². The fourth-order valence-electron chi connectivity index (χ4n) is 2.03. The SMILES string of the molecule is CC=C(CNC(=O)C(NC(=O)CNC)C(C)(C)C)N[C@H](C)C(C)C. The third kappa shape index (κ3) is 8.34. The first-order valence-electron chi connectivity index (χ1n) is 8.66. The molecular weight excluding hydrogens is 304 g/mol. The van der Waals surface area contributed by atoms with Crippen LogP contribution in [0.1, 0.15) is 48.5 Å². The van der Waals surface area contributed by atoms with E-state index in [0.717, 1.165) is 5.70 Å². The van der Waals surface area contributed by atoms with Crippen molar-refractivity contribution in [2.75, 3.05) is 20.1 Å². The highest BCUT2D eigenvalue weighted by Crippen LogP contribution is 2.19. The lowest BCUT2D eigenvalue weighted by atomic mass is 9.86. The number of carbonyl (C=O) groups excluding carboxylic acids is 2. The summed E-state index contributed by atoms with van der Waals surface area (Å²) in [5.74, 6) is 0.134. The van der Waals surface area contributed by atoms with Gasteiger partial charge in [0.25, 0.3) is 0 Å². The minimum atomic E-state index is -0.584. The average molecular weight is 341 g/mol. The molecule has 0 aliphatic heterocycles. The number of hydrogen-bond donors (Lipinski definition) is 4. The van der Waals surface area contributed by atoms with Crippen molar-refractivity contribution in [2.45, 2.75) is 60.5 Å². The van der Waals surface area contributed by atoms with Gasteiger partial charge in [0.05, 0.1) is 13.1 Å². The molecule has 1 unspecified atom stereocenters. The molecule has 0 spiro atoms. The molecule has 0 rings (SSSR count). The monoisotopic (exact) mass is 340 g/mol. The van der Waals surface area contributed by atoms with Crippen LogP contribution in [-0.2, 0) is 9.59 Å². The van der Waals surface area contributed by atoms with E-state index >= 15 is 0 Å². The van der Waals surface area contributed by atoms with Crippen LogP contribution in [0.2, 0.25) is 0 Å². The Morgan fingerprint density at radius 3 is 2.04 bits per heavy atom. The Morgan fingerprint density at radius 1 is 1.04 bits per heavy atom. The summed E-state index contributed by atoms with van der Waals surface area (Å²) in [6.45, 7) is 14.8. The van der Waals surface area contributed by atoms with Crippen LogP contribution in [0, 0.1) is 11.3 Å². The molecule has 0 aliphatic rings. The zero-order chi connectivity index (χ0) is 18.9. The Morgan fingerprint density at radius 2 is 1.62 bits per heavy atom. The number of rotatable bonds is 9. The first-order valence-corrected chi connectivity index (χ1v) is 8.66. The summed E-state index contributed by atoms with van der Waals surface area (Å²) < 4.78 is 0. The first-order chi connectivity index (χ1) is 11.0. The molecule has 2 amide bonds. The third-order valence-corrected chi connectivity index (χ3v) is 3.99. The van der Waals surface area contributed by atoms with Gasteiger partial charge >= 0.3 is 0 Å². The lowest BCUT2D eigenvalue weighted by Gasteiger charge is -2.31. The molecule has 0 aromatic carbocycles. The minimum Gasteiger partial charge on any atom is -0.384 e. The maximum absolute atomic E-state index is 12.6. The van der Waals surface area contributed by atoms with Gasteiger partial charge in [-0.1, -0.05) is 40.7 Å². The van der Waals surface area contributed by atoms with Crippen molar-refractivity contribution in [3.05, 3.63) is 11.8 Å². The zero-order valence-electron chi connectivity index (χ0n) is 16.5. The number of likely N-dealkylation sites (N-methyl/N-ethyl adjacent to an activating group) is 1. The van der Waals surface area contributed by atoms with Crippen molar-refractivity contribution >= 4 is 11.8 Å². The molecule has 0 saturated heterocycles. The van der Waals surface area contributed by atoms with Crippen molar-refractivity contribution in [3.8, 4) is 0 Å². The molecule has 0 saturated carbocycles. The van der Waals surface area contributed by atoms with Gasteiger partial charge in [-0.05, 0) is 32.2 Å². The molecule has 2 atom stereocenters. The summed E-state index contributed by atoms with van der Waals surface area (Å²) in [6.07, 6.45) is 1.96. The normalized spacial score (nSPS) is 15.0. The maximum Gasteiger partial charge on any atom is 0.243 e. The predicted octanol–water partition coefficient (Wildman–Crippen LogP) is 1.39. The standard InChI is InChI=1S/C18H36N4O2/c1-9-14(21-13(4)12(2)3)10-20-17(24)16(18(5,6)7)22-15(23)11-19-8/h9,12-13,16,19,21H,10-11H2,1-8H3,(H,20,24)(H,22,23)/t13-,16?/m1/s1. The Labute approximate surface area is 147 Å². The molecule has 0 heterocycles. The van der Waals surface area contributed by atoms with Crippen LogP contribution < -0.4 is 21.3 Å². The third-order valence-electron chi connectivity index (χ3n) is 3.99. The Bertz CT molecular complexity index is 439. The van der Waals surface area contributed by atoms with Gasteiger partial charge in [-0.15, -0.1) is 0 Å². The second-order valence-corrected chi connectivity index (χ2v) is 7.61. The van der Waals surface area contributed by atoms with E-state index in [1.54, 1.807) is 7.05 Å². The van der Waals surface area contributed by atoms with Crippen LogP contribution in [0.15, 0.2) is 11.8 Å². The van der Waals surface area contributed by atoms with Crippen LogP contribution in [0.3, 0.4) is 0 Å². The maximum atomic E-state index is 12.6. The molecule has 0 aromatic heterocycles. The van der Waals surface area contributed by atoms with Crippen LogP contribution in [0.4, 0.5) is 0 Å². The Hall–Kier alpha value is -1.56. The fourth-order valence-corrected chi connectivity index (χ4v) is 2.03. The van der Waals surface area contributed by atoms with E-state index in [4.69, 9.17) is 0 Å². The first kappa shape index (κ1) is 22.4. The largest absolute Gasteiger partial charge is 0.384 e. The molecule has 24 heavy (non-hydrogen) atoms. The van der Waals surface area contributed by atoms with E-state index in [2.05, 4.69) is 42.0 Å². The van der Waals surface area contributed by atoms with Crippen molar-refractivity contribution in [3.63, 3.8) is 0 Å². The second-order valence-electron chi connectivity index (χ2n) is 7.61. The number of nitrogens with one attached hydrogen (secondary N) is 4. The topological polar surface area (TPSA) is 82.3 Å². The van der Waals surface area contributed by atoms with Crippen LogP contribution in [-0.4, -0.2) is 44.0 Å². The molecule has 0 fully saturated rings. The molecule has 0 aliphatic carbocycles. The number of hydrogen-bond acceptors (Lipinski definition) is 4. The molecule has 0 aromatic rings. The summed E-state index contributed by atoms with van der Waals surface area (Å²) in [5.41, 5.74) is 0.598. The highest BCUT2D eigenvalue weighted by Gasteiger charge is 2.32. The van der Waals surface area contributed by atoms with E-state index in [-0.39, 0.29) is 23.8 Å². The van der Waals surface area contributed by atoms with Gasteiger partial charge in [-0.2, -0.15) is 0 Å². The van der Waals surface area contributed by atoms with Gasteiger partial charge in [0.15, 0.2) is 0 Å². The lowest BCUT2D eigenvalue weighted by molar-refractivity contribution is -0.131. The van der Waals surface area contributed by atoms with Crippen LogP contribution in [0.25, 0.3) is 0 Å². The molecule has 140 valence electrons. The van der Waals surface area contributed by atoms with Crippen molar-refractivity contribution in [2.24, 2.45) is 11.3 Å². The fraction of sp³-hybridized carbons (Fsp3) is 0.778. The number of allylic oxidation sites excluding steroid dienone is 1. The smallest absolute Gasteiger partial charge is 0.243 e. The van der Waals surface area contributed by atoms with Crippen molar-refractivity contribution in [1.82, 2.24) is 21.3 Å². The van der Waals surface area contributed by atoms with Crippen molar-refractivity contribution in [1.29, 1.82) is 0 Å². The van der Waals surface area contributed by atoms with Gasteiger partial charge in [0, 0.05) is 11.7 Å². The zero-order valence-corrected chi connectivity index (χ0v) is 16.5. The molecule has 6 heteroatoms. The summed E-state index contributed by atoms with van der Waals surface area (Å²) >= 11 is 0. The molecule has 6 nitrogen and oxygen atoms in total. The number of amides is 2.